The zero-order valence-corrected chi connectivity index (χ0v) is 8.94. The molecule has 16 heavy (non-hydrogen) atoms. The number of aliphatic hydroxyl groups excluding tert-OH is 2. The van der Waals surface area contributed by atoms with Crippen molar-refractivity contribution in [3.63, 3.8) is 0 Å². The third kappa shape index (κ3) is 2.91. The summed E-state index contributed by atoms with van der Waals surface area (Å²) in [7, 11) is 0. The number of hydrogen-bond acceptors (Lipinski definition) is 6. The lowest BCUT2D eigenvalue weighted by Gasteiger charge is -2.34. The maximum Gasteiger partial charge on any atom is 0.166 e. The molecular formula is C10H16N4O2. The molecule has 1 heterocycles. The van der Waals surface area contributed by atoms with Crippen LogP contribution in [0.2, 0.25) is 0 Å². The molecule has 1 aliphatic rings. The van der Waals surface area contributed by atoms with Gasteiger partial charge < -0.3 is 15.5 Å². The first kappa shape index (κ1) is 11.3. The molecule has 1 saturated heterocycles. The Balaban J connectivity index is 1.96. The van der Waals surface area contributed by atoms with Crippen molar-refractivity contribution in [1.82, 2.24) is 16.0 Å². The lowest BCUT2D eigenvalue weighted by Crippen LogP contribution is -2.69. The molecule has 1 aromatic rings. The van der Waals surface area contributed by atoms with Crippen molar-refractivity contribution >= 4 is 5.69 Å². The first-order valence-corrected chi connectivity index (χ1v) is 5.11. The van der Waals surface area contributed by atoms with Crippen molar-refractivity contribution in [1.29, 1.82) is 0 Å². The van der Waals surface area contributed by atoms with Crippen molar-refractivity contribution in [3.8, 4) is 0 Å². The van der Waals surface area contributed by atoms with Crippen LogP contribution >= 0.6 is 0 Å². The number of benzene rings is 1. The molecule has 6 N–H and O–H groups in total. The third-order valence-electron chi connectivity index (χ3n) is 2.33. The van der Waals surface area contributed by atoms with E-state index in [1.807, 2.05) is 31.2 Å². The maximum atomic E-state index is 9.31. The topological polar surface area (TPSA) is 88.6 Å². The van der Waals surface area contributed by atoms with E-state index in [0.29, 0.717) is 0 Å². The maximum absolute atomic E-state index is 9.31. The van der Waals surface area contributed by atoms with Crippen molar-refractivity contribution in [2.75, 3.05) is 5.32 Å². The van der Waals surface area contributed by atoms with Gasteiger partial charge in [0.2, 0.25) is 0 Å². The molecule has 2 rings (SSSR count). The second-order valence-corrected chi connectivity index (χ2v) is 3.75. The molecule has 2 unspecified atom stereocenters. The molecule has 0 aromatic heterocycles. The predicted octanol–water partition coefficient (Wildman–Crippen LogP) is -0.975. The minimum absolute atomic E-state index is 0.394. The van der Waals surface area contributed by atoms with Crippen LogP contribution in [0.15, 0.2) is 24.3 Å². The van der Waals surface area contributed by atoms with Crippen LogP contribution in [0, 0.1) is 6.92 Å². The summed E-state index contributed by atoms with van der Waals surface area (Å²) >= 11 is 0. The van der Waals surface area contributed by atoms with Crippen LogP contribution in [-0.2, 0) is 0 Å². The van der Waals surface area contributed by atoms with Gasteiger partial charge in [0.25, 0.3) is 0 Å². The van der Waals surface area contributed by atoms with Gasteiger partial charge in [-0.05, 0) is 19.1 Å². The molecule has 6 nitrogen and oxygen atoms in total. The van der Waals surface area contributed by atoms with Crippen LogP contribution in [0.1, 0.15) is 5.56 Å². The molecule has 2 atom stereocenters. The first-order valence-electron chi connectivity index (χ1n) is 5.11. The van der Waals surface area contributed by atoms with E-state index in [4.69, 9.17) is 0 Å². The van der Waals surface area contributed by atoms with Crippen molar-refractivity contribution in [2.45, 2.75) is 25.9 Å². The highest BCUT2D eigenvalue weighted by Crippen LogP contribution is 2.09. The van der Waals surface area contributed by atoms with Gasteiger partial charge in [0.1, 0.15) is 6.29 Å². The SMILES string of the molecule is Cc1ccc(NC2NC(O)NC(O)N2)cc1. The van der Waals surface area contributed by atoms with E-state index in [-0.39, 0.29) is 0 Å². The molecule has 88 valence electrons. The van der Waals surface area contributed by atoms with E-state index in [9.17, 15) is 10.2 Å². The van der Waals surface area contributed by atoms with Gasteiger partial charge in [-0.25, -0.2) is 16.0 Å². The molecule has 0 saturated carbocycles. The summed E-state index contributed by atoms with van der Waals surface area (Å²) in [5.74, 6) is 0. The minimum Gasteiger partial charge on any atom is -0.365 e. The van der Waals surface area contributed by atoms with Gasteiger partial charge in [0.15, 0.2) is 12.7 Å². The van der Waals surface area contributed by atoms with E-state index in [1.165, 1.54) is 5.56 Å². The normalized spacial score (nSPS) is 30.1. The number of aryl methyl sites for hydroxylation is 1. The van der Waals surface area contributed by atoms with Gasteiger partial charge >= 0.3 is 0 Å². The average molecular weight is 224 g/mol. The quantitative estimate of drug-likeness (QED) is 0.387. The second-order valence-electron chi connectivity index (χ2n) is 3.75. The van der Waals surface area contributed by atoms with Crippen molar-refractivity contribution in [2.24, 2.45) is 0 Å². The largest absolute Gasteiger partial charge is 0.365 e. The molecule has 0 bridgehead atoms. The Morgan fingerprint density at radius 3 is 2.12 bits per heavy atom. The molecule has 0 radical (unpaired) electrons. The number of anilines is 1. The van der Waals surface area contributed by atoms with Crippen LogP contribution < -0.4 is 21.3 Å². The lowest BCUT2D eigenvalue weighted by molar-refractivity contribution is -0.0423. The van der Waals surface area contributed by atoms with Crippen LogP contribution in [-0.4, -0.2) is 29.2 Å². The molecule has 0 aliphatic carbocycles. The highest BCUT2D eigenvalue weighted by Gasteiger charge is 2.23. The molecule has 1 aliphatic heterocycles. The highest BCUT2D eigenvalue weighted by atomic mass is 16.3. The van der Waals surface area contributed by atoms with Gasteiger partial charge in [0.05, 0.1) is 0 Å². The summed E-state index contributed by atoms with van der Waals surface area (Å²) in [6.45, 7) is 2.01. The van der Waals surface area contributed by atoms with E-state index >= 15 is 0 Å². The summed E-state index contributed by atoms with van der Waals surface area (Å²) in [6.07, 6.45) is -2.28. The smallest absolute Gasteiger partial charge is 0.166 e. The van der Waals surface area contributed by atoms with Gasteiger partial charge in [0, 0.05) is 5.69 Å². The average Bonchev–Trinajstić information content (AvgIpc) is 2.20. The fourth-order valence-corrected chi connectivity index (χ4v) is 1.51. The van der Waals surface area contributed by atoms with Crippen molar-refractivity contribution < 1.29 is 10.2 Å². The molecular weight excluding hydrogens is 208 g/mol. The zero-order valence-electron chi connectivity index (χ0n) is 8.94. The molecule has 0 spiro atoms. The Kier molecular flexibility index (Phi) is 3.37. The van der Waals surface area contributed by atoms with Gasteiger partial charge in [-0.3, -0.25) is 0 Å². The minimum atomic E-state index is -0.945. The number of aliphatic hydroxyl groups is 2. The summed E-state index contributed by atoms with van der Waals surface area (Å²) in [5.41, 5.74) is 2.08. The van der Waals surface area contributed by atoms with E-state index in [2.05, 4.69) is 21.3 Å². The number of hydrogen-bond donors (Lipinski definition) is 6. The van der Waals surface area contributed by atoms with Gasteiger partial charge in [-0.2, -0.15) is 0 Å². The van der Waals surface area contributed by atoms with E-state index in [1.54, 1.807) is 0 Å². The molecule has 6 heteroatoms. The zero-order chi connectivity index (χ0) is 11.5. The predicted molar refractivity (Wildman–Crippen MR) is 60.0 cm³/mol. The fraction of sp³-hybridized carbons (Fsp3) is 0.400. The Morgan fingerprint density at radius 1 is 1.00 bits per heavy atom. The van der Waals surface area contributed by atoms with Gasteiger partial charge in [-0.15, -0.1) is 0 Å². The Hall–Kier alpha value is -1.18. The monoisotopic (exact) mass is 224 g/mol. The first-order chi connectivity index (χ1) is 7.63. The summed E-state index contributed by atoms with van der Waals surface area (Å²) in [6, 6.07) is 7.82. The van der Waals surface area contributed by atoms with Crippen molar-refractivity contribution in [3.05, 3.63) is 29.8 Å². The second kappa shape index (κ2) is 4.77. The summed E-state index contributed by atoms with van der Waals surface area (Å²) < 4.78 is 0. The molecule has 1 aromatic carbocycles. The van der Waals surface area contributed by atoms with Gasteiger partial charge in [-0.1, -0.05) is 17.7 Å². The van der Waals surface area contributed by atoms with Crippen LogP contribution in [0.25, 0.3) is 0 Å². The Bertz CT molecular complexity index is 333. The molecule has 1 fully saturated rings. The lowest BCUT2D eigenvalue weighted by atomic mass is 10.2. The third-order valence-corrected chi connectivity index (χ3v) is 2.33. The summed E-state index contributed by atoms with van der Waals surface area (Å²) in [4.78, 5) is 0. The van der Waals surface area contributed by atoms with Crippen LogP contribution in [0.3, 0.4) is 0 Å². The summed E-state index contributed by atoms with van der Waals surface area (Å²) in [5, 5.41) is 29.7. The number of nitrogens with one attached hydrogen (secondary N) is 4. The highest BCUT2D eigenvalue weighted by molar-refractivity contribution is 5.44. The Labute approximate surface area is 93.7 Å². The Morgan fingerprint density at radius 2 is 1.56 bits per heavy atom. The standard InChI is InChI=1S/C10H16N4O2/c1-6-2-4-7(5-3-6)11-8-12-9(15)14-10(16)13-8/h2-5,8-16H,1H3. The van der Waals surface area contributed by atoms with E-state index < -0.39 is 19.0 Å². The molecule has 0 amide bonds. The number of rotatable bonds is 2. The van der Waals surface area contributed by atoms with E-state index in [0.717, 1.165) is 5.69 Å². The van der Waals surface area contributed by atoms with Crippen LogP contribution in [0.5, 0.6) is 0 Å². The van der Waals surface area contributed by atoms with Crippen LogP contribution in [0.4, 0.5) is 5.69 Å². The fourth-order valence-electron chi connectivity index (χ4n) is 1.51.